The van der Waals surface area contributed by atoms with Gasteiger partial charge in [0.2, 0.25) is 0 Å². The SMILES string of the molecule is Fc1ccc(CC(c2ccc(Br)cn2)n2cc(-c3cn[nH]n3)cn2)cc1. The minimum atomic E-state index is -0.250. The third-order valence-corrected chi connectivity index (χ3v) is 4.53. The van der Waals surface area contributed by atoms with E-state index in [0.717, 1.165) is 27.0 Å². The Labute approximate surface area is 157 Å². The van der Waals surface area contributed by atoms with Gasteiger partial charge in [0.05, 0.1) is 24.1 Å². The van der Waals surface area contributed by atoms with Gasteiger partial charge in [-0.2, -0.15) is 20.5 Å². The number of pyridine rings is 1. The highest BCUT2D eigenvalue weighted by atomic mass is 79.9. The Morgan fingerprint density at radius 1 is 1.08 bits per heavy atom. The second kappa shape index (κ2) is 7.17. The molecule has 0 amide bonds. The smallest absolute Gasteiger partial charge is 0.123 e. The van der Waals surface area contributed by atoms with E-state index in [9.17, 15) is 4.39 Å². The minimum absolute atomic E-state index is 0.130. The summed E-state index contributed by atoms with van der Waals surface area (Å²) in [6, 6.07) is 10.3. The van der Waals surface area contributed by atoms with Crippen LogP contribution in [-0.2, 0) is 6.42 Å². The van der Waals surface area contributed by atoms with Crippen molar-refractivity contribution in [1.29, 1.82) is 0 Å². The zero-order chi connectivity index (χ0) is 17.9. The highest BCUT2D eigenvalue weighted by molar-refractivity contribution is 9.10. The van der Waals surface area contributed by atoms with E-state index >= 15 is 0 Å². The molecule has 1 unspecified atom stereocenters. The molecule has 3 aromatic heterocycles. The second-order valence-corrected chi connectivity index (χ2v) is 6.73. The van der Waals surface area contributed by atoms with Gasteiger partial charge in [0, 0.05) is 28.9 Å². The molecule has 3 heterocycles. The van der Waals surface area contributed by atoms with Crippen LogP contribution in [0.3, 0.4) is 0 Å². The first-order chi connectivity index (χ1) is 12.7. The van der Waals surface area contributed by atoms with Crippen LogP contribution in [0.1, 0.15) is 17.3 Å². The summed E-state index contributed by atoms with van der Waals surface area (Å²) in [6.07, 6.45) is 7.70. The third-order valence-electron chi connectivity index (χ3n) is 4.07. The van der Waals surface area contributed by atoms with Gasteiger partial charge in [-0.05, 0) is 45.8 Å². The van der Waals surface area contributed by atoms with E-state index in [0.29, 0.717) is 6.42 Å². The van der Waals surface area contributed by atoms with Gasteiger partial charge >= 0.3 is 0 Å². The summed E-state index contributed by atoms with van der Waals surface area (Å²) in [5.74, 6) is -0.250. The second-order valence-electron chi connectivity index (χ2n) is 5.81. The molecule has 6 nitrogen and oxygen atoms in total. The number of rotatable bonds is 5. The molecule has 0 aliphatic carbocycles. The van der Waals surface area contributed by atoms with Crippen LogP contribution >= 0.6 is 15.9 Å². The Balaban J connectivity index is 1.70. The van der Waals surface area contributed by atoms with Crippen LogP contribution in [0.25, 0.3) is 11.3 Å². The number of benzene rings is 1. The van der Waals surface area contributed by atoms with Gasteiger partial charge in [-0.1, -0.05) is 12.1 Å². The topological polar surface area (TPSA) is 72.3 Å². The van der Waals surface area contributed by atoms with Gasteiger partial charge in [0.1, 0.15) is 11.5 Å². The minimum Gasteiger partial charge on any atom is -0.263 e. The highest BCUT2D eigenvalue weighted by Crippen LogP contribution is 2.25. The summed E-state index contributed by atoms with van der Waals surface area (Å²) in [7, 11) is 0. The normalized spacial score (nSPS) is 12.2. The maximum atomic E-state index is 13.2. The first kappa shape index (κ1) is 16.6. The molecular weight excluding hydrogens is 399 g/mol. The monoisotopic (exact) mass is 412 g/mol. The third kappa shape index (κ3) is 3.55. The average molecular weight is 413 g/mol. The number of aromatic amines is 1. The number of aromatic nitrogens is 6. The fraction of sp³-hybridized carbons (Fsp3) is 0.111. The van der Waals surface area contributed by atoms with Crippen molar-refractivity contribution in [3.63, 3.8) is 0 Å². The zero-order valence-corrected chi connectivity index (χ0v) is 15.1. The summed E-state index contributed by atoms with van der Waals surface area (Å²) >= 11 is 3.41. The molecule has 0 aliphatic heterocycles. The fourth-order valence-electron chi connectivity index (χ4n) is 2.74. The lowest BCUT2D eigenvalue weighted by molar-refractivity contribution is 0.508. The van der Waals surface area contributed by atoms with Crippen molar-refractivity contribution in [2.45, 2.75) is 12.5 Å². The predicted octanol–water partition coefficient (Wildman–Crippen LogP) is 3.80. The number of nitrogens with one attached hydrogen (secondary N) is 1. The maximum Gasteiger partial charge on any atom is 0.123 e. The van der Waals surface area contributed by atoms with Gasteiger partial charge in [-0.15, -0.1) is 0 Å². The van der Waals surface area contributed by atoms with E-state index in [1.807, 2.05) is 23.0 Å². The van der Waals surface area contributed by atoms with Gasteiger partial charge in [-0.25, -0.2) is 4.39 Å². The molecular formula is C18H14BrFN6. The maximum absolute atomic E-state index is 13.2. The van der Waals surface area contributed by atoms with Crippen molar-refractivity contribution in [3.8, 4) is 11.3 Å². The lowest BCUT2D eigenvalue weighted by Gasteiger charge is -2.17. The van der Waals surface area contributed by atoms with E-state index < -0.39 is 0 Å². The first-order valence-electron chi connectivity index (χ1n) is 7.95. The Kier molecular flexibility index (Phi) is 4.57. The molecule has 0 saturated heterocycles. The molecule has 0 bridgehead atoms. The Hall–Kier alpha value is -2.87. The molecule has 0 fully saturated rings. The standard InChI is InChI=1S/C18H14BrFN6/c19-14-3-6-16(21-9-14)18(7-12-1-4-15(20)5-2-12)26-11-13(8-23-26)17-10-22-25-24-17/h1-6,8-11,18H,7H2,(H,22,24,25). The zero-order valence-electron chi connectivity index (χ0n) is 13.5. The molecule has 0 spiro atoms. The van der Waals surface area contributed by atoms with E-state index in [4.69, 9.17) is 0 Å². The van der Waals surface area contributed by atoms with Crippen molar-refractivity contribution >= 4 is 15.9 Å². The van der Waals surface area contributed by atoms with Crippen molar-refractivity contribution in [2.75, 3.05) is 0 Å². The van der Waals surface area contributed by atoms with Gasteiger partial charge in [-0.3, -0.25) is 9.67 Å². The lowest BCUT2D eigenvalue weighted by Crippen LogP contribution is -2.15. The van der Waals surface area contributed by atoms with Crippen LogP contribution < -0.4 is 0 Å². The molecule has 1 N–H and O–H groups in total. The van der Waals surface area contributed by atoms with Crippen molar-refractivity contribution in [3.05, 3.63) is 82.7 Å². The molecule has 130 valence electrons. The highest BCUT2D eigenvalue weighted by Gasteiger charge is 2.18. The summed E-state index contributed by atoms with van der Waals surface area (Å²) in [6.45, 7) is 0. The fourth-order valence-corrected chi connectivity index (χ4v) is 2.98. The average Bonchev–Trinajstić information content (AvgIpc) is 3.34. The molecule has 8 heteroatoms. The Morgan fingerprint density at radius 2 is 1.92 bits per heavy atom. The predicted molar refractivity (Wildman–Crippen MR) is 97.8 cm³/mol. The summed E-state index contributed by atoms with van der Waals surface area (Å²) < 4.78 is 16.0. The van der Waals surface area contributed by atoms with E-state index in [2.05, 4.69) is 41.4 Å². The van der Waals surface area contributed by atoms with Crippen LogP contribution in [0.5, 0.6) is 0 Å². The van der Waals surface area contributed by atoms with Gasteiger partial charge < -0.3 is 0 Å². The van der Waals surface area contributed by atoms with Crippen molar-refractivity contribution < 1.29 is 4.39 Å². The van der Waals surface area contributed by atoms with Crippen LogP contribution in [0, 0.1) is 5.82 Å². The Bertz CT molecular complexity index is 979. The molecule has 4 rings (SSSR count). The van der Waals surface area contributed by atoms with Crippen LogP contribution in [0.2, 0.25) is 0 Å². The first-order valence-corrected chi connectivity index (χ1v) is 8.74. The quantitative estimate of drug-likeness (QED) is 0.540. The molecule has 4 aromatic rings. The molecule has 26 heavy (non-hydrogen) atoms. The van der Waals surface area contributed by atoms with E-state index in [1.165, 1.54) is 12.1 Å². The van der Waals surface area contributed by atoms with E-state index in [1.54, 1.807) is 30.7 Å². The van der Waals surface area contributed by atoms with Crippen molar-refractivity contribution in [1.82, 2.24) is 30.2 Å². The summed E-state index contributed by atoms with van der Waals surface area (Å²) in [5, 5.41) is 15.0. The number of hydrogen-bond donors (Lipinski definition) is 1. The van der Waals surface area contributed by atoms with Gasteiger partial charge in [0.25, 0.3) is 0 Å². The van der Waals surface area contributed by atoms with Crippen LogP contribution in [0.4, 0.5) is 4.39 Å². The number of hydrogen-bond acceptors (Lipinski definition) is 4. The molecule has 1 atom stereocenters. The number of H-pyrrole nitrogens is 1. The molecule has 0 radical (unpaired) electrons. The van der Waals surface area contributed by atoms with Gasteiger partial charge in [0.15, 0.2) is 0 Å². The molecule has 0 saturated carbocycles. The van der Waals surface area contributed by atoms with Crippen LogP contribution in [0.15, 0.2) is 65.7 Å². The number of halogens is 2. The summed E-state index contributed by atoms with van der Waals surface area (Å²) in [5.41, 5.74) is 3.45. The lowest BCUT2D eigenvalue weighted by atomic mass is 10.0. The summed E-state index contributed by atoms with van der Waals surface area (Å²) in [4.78, 5) is 4.52. The molecule has 1 aromatic carbocycles. The number of nitrogens with zero attached hydrogens (tertiary/aromatic N) is 5. The van der Waals surface area contributed by atoms with E-state index in [-0.39, 0.29) is 11.9 Å². The van der Waals surface area contributed by atoms with Crippen LogP contribution in [-0.4, -0.2) is 30.2 Å². The Morgan fingerprint density at radius 3 is 2.62 bits per heavy atom. The largest absolute Gasteiger partial charge is 0.263 e. The molecule has 0 aliphatic rings. The van der Waals surface area contributed by atoms with Crippen molar-refractivity contribution in [2.24, 2.45) is 0 Å².